The van der Waals surface area contributed by atoms with Gasteiger partial charge >= 0.3 is 6.09 Å². The fourth-order valence-electron chi connectivity index (χ4n) is 5.25. The molecular weight excluding hydrogens is 532 g/mol. The van der Waals surface area contributed by atoms with E-state index >= 15 is 0 Å². The van der Waals surface area contributed by atoms with Crippen LogP contribution in [0.25, 0.3) is 0 Å². The van der Waals surface area contributed by atoms with Crippen LogP contribution in [-0.2, 0) is 18.6 Å². The minimum atomic E-state index is -2.26. The zero-order valence-electron chi connectivity index (χ0n) is 24.9. The van der Waals surface area contributed by atoms with Crippen molar-refractivity contribution in [1.82, 2.24) is 4.90 Å². The first-order chi connectivity index (χ1) is 18.9. The fraction of sp³-hybridized carbons (Fsp3) is 0.655. The van der Waals surface area contributed by atoms with Gasteiger partial charge in [0, 0.05) is 19.2 Å². The van der Waals surface area contributed by atoms with E-state index in [1.807, 2.05) is 0 Å². The van der Waals surface area contributed by atoms with Crippen molar-refractivity contribution in [1.29, 1.82) is 0 Å². The monoisotopic (exact) mass is 576 g/mol. The number of ether oxygens (including phenoxy) is 5. The van der Waals surface area contributed by atoms with E-state index in [0.717, 1.165) is 12.8 Å². The second-order valence-electron chi connectivity index (χ2n) is 12.0. The Kier molecular flexibility index (Phi) is 9.18. The minimum absolute atomic E-state index is 0.00315. The molecule has 2 saturated heterocycles. The van der Waals surface area contributed by atoms with Gasteiger partial charge in [-0.2, -0.15) is 0 Å². The SMILES string of the molecule is C=CCOC(=O)N1c2cc(OC)c(OC)cc2C(=O)N2CC[C@H](O[Si](C)(C)C(C)(C)C)[C@H]2C1OC1CCCCO1. The minimum Gasteiger partial charge on any atom is -0.493 e. The summed E-state index contributed by atoms with van der Waals surface area (Å²) in [6, 6.07) is 2.65. The molecule has 3 aliphatic heterocycles. The van der Waals surface area contributed by atoms with Crippen molar-refractivity contribution >= 4 is 26.0 Å². The van der Waals surface area contributed by atoms with Crippen molar-refractivity contribution in [3.05, 3.63) is 30.4 Å². The van der Waals surface area contributed by atoms with Crippen LogP contribution in [0.5, 0.6) is 11.5 Å². The Morgan fingerprint density at radius 3 is 2.45 bits per heavy atom. The lowest BCUT2D eigenvalue weighted by Gasteiger charge is -2.43. The molecule has 0 N–H and O–H groups in total. The van der Waals surface area contributed by atoms with E-state index < -0.39 is 33.0 Å². The van der Waals surface area contributed by atoms with Crippen molar-refractivity contribution in [2.45, 2.75) is 89.3 Å². The second-order valence-corrected chi connectivity index (χ2v) is 16.7. The molecule has 40 heavy (non-hydrogen) atoms. The van der Waals surface area contributed by atoms with Gasteiger partial charge < -0.3 is 33.0 Å². The van der Waals surface area contributed by atoms with E-state index in [9.17, 15) is 9.59 Å². The molecule has 4 atom stereocenters. The van der Waals surface area contributed by atoms with Gasteiger partial charge in [-0.1, -0.05) is 33.4 Å². The summed E-state index contributed by atoms with van der Waals surface area (Å²) < 4.78 is 36.2. The summed E-state index contributed by atoms with van der Waals surface area (Å²) in [6.45, 7) is 15.6. The summed E-state index contributed by atoms with van der Waals surface area (Å²) in [5, 5.41) is -0.0513. The van der Waals surface area contributed by atoms with Gasteiger partial charge in [0.15, 0.2) is 32.3 Å². The maximum atomic E-state index is 14.2. The number of rotatable bonds is 8. The molecule has 2 amide bonds. The Morgan fingerprint density at radius 1 is 1.15 bits per heavy atom. The Morgan fingerprint density at radius 2 is 1.85 bits per heavy atom. The summed E-state index contributed by atoms with van der Waals surface area (Å²) in [6.07, 6.45) is 2.20. The fourth-order valence-corrected chi connectivity index (χ4v) is 6.61. The zero-order chi connectivity index (χ0) is 29.2. The van der Waals surface area contributed by atoms with Crippen LogP contribution < -0.4 is 14.4 Å². The van der Waals surface area contributed by atoms with Crippen molar-refractivity contribution in [3.63, 3.8) is 0 Å². The summed E-state index contributed by atoms with van der Waals surface area (Å²) in [5.41, 5.74) is 0.611. The summed E-state index contributed by atoms with van der Waals surface area (Å²) in [5.74, 6) is 0.521. The molecule has 11 heteroatoms. The normalized spacial score (nSPS) is 25.1. The average molecular weight is 577 g/mol. The van der Waals surface area contributed by atoms with Crippen molar-refractivity contribution < 1.29 is 37.7 Å². The van der Waals surface area contributed by atoms with Gasteiger partial charge in [0.25, 0.3) is 5.91 Å². The molecule has 0 bridgehead atoms. The number of nitrogens with zero attached hydrogens (tertiary/aromatic N) is 2. The molecule has 3 heterocycles. The highest BCUT2D eigenvalue weighted by molar-refractivity contribution is 6.74. The van der Waals surface area contributed by atoms with E-state index in [2.05, 4.69) is 40.4 Å². The first-order valence-electron chi connectivity index (χ1n) is 14.0. The first-order valence-corrected chi connectivity index (χ1v) is 16.9. The molecule has 0 spiro atoms. The van der Waals surface area contributed by atoms with E-state index in [0.29, 0.717) is 48.7 Å². The standard InChI is InChI=1S/C29H44N2O8Si/c1-9-15-37-28(33)31-20-18-23(35-6)22(34-5)17-19(20)26(32)30-14-13-21(39-40(7,8)29(2,3)4)25(30)27(31)38-24-12-10-11-16-36-24/h9,17-18,21,24-25,27H,1,10-16H2,2-8H3/t21-,24?,25-,27?/m0/s1. The van der Waals surface area contributed by atoms with Crippen LogP contribution in [0.15, 0.2) is 24.8 Å². The molecule has 1 aromatic carbocycles. The number of anilines is 1. The van der Waals surface area contributed by atoms with E-state index in [1.54, 1.807) is 17.0 Å². The molecule has 0 aromatic heterocycles. The van der Waals surface area contributed by atoms with E-state index in [-0.39, 0.29) is 23.7 Å². The number of benzene rings is 1. The van der Waals surface area contributed by atoms with Crippen LogP contribution >= 0.6 is 0 Å². The molecule has 1 aromatic rings. The number of carbonyl (C=O) groups excluding carboxylic acids is 2. The lowest BCUT2D eigenvalue weighted by Crippen LogP contribution is -2.59. The third-order valence-electron chi connectivity index (χ3n) is 8.40. The summed E-state index contributed by atoms with van der Waals surface area (Å²) in [7, 11) is 0.759. The summed E-state index contributed by atoms with van der Waals surface area (Å²) in [4.78, 5) is 31.2. The Labute approximate surface area is 238 Å². The van der Waals surface area contributed by atoms with Crippen LogP contribution in [0, 0.1) is 0 Å². The topological polar surface area (TPSA) is 96.0 Å². The van der Waals surface area contributed by atoms with Crippen molar-refractivity contribution in [2.75, 3.05) is 38.9 Å². The van der Waals surface area contributed by atoms with Gasteiger partial charge in [0.05, 0.1) is 31.6 Å². The third-order valence-corrected chi connectivity index (χ3v) is 12.9. The van der Waals surface area contributed by atoms with Crippen molar-refractivity contribution in [2.24, 2.45) is 0 Å². The number of hydrogen-bond acceptors (Lipinski definition) is 8. The van der Waals surface area contributed by atoms with Gasteiger partial charge in [-0.05, 0) is 49.9 Å². The predicted octanol–water partition coefficient (Wildman–Crippen LogP) is 5.32. The van der Waals surface area contributed by atoms with Gasteiger partial charge in [-0.25, -0.2) is 9.69 Å². The number of methoxy groups -OCH3 is 2. The highest BCUT2D eigenvalue weighted by Gasteiger charge is 2.54. The zero-order valence-corrected chi connectivity index (χ0v) is 25.9. The summed E-state index contributed by atoms with van der Waals surface area (Å²) >= 11 is 0. The van der Waals surface area contributed by atoms with Crippen molar-refractivity contribution in [3.8, 4) is 11.5 Å². The third kappa shape index (κ3) is 5.88. The van der Waals surface area contributed by atoms with Gasteiger partial charge in [0.2, 0.25) is 0 Å². The molecule has 0 aliphatic carbocycles. The maximum Gasteiger partial charge on any atom is 0.416 e. The lowest BCUT2D eigenvalue weighted by atomic mass is 10.1. The quantitative estimate of drug-likeness (QED) is 0.303. The van der Waals surface area contributed by atoms with Gasteiger partial charge in [0.1, 0.15) is 12.6 Å². The molecule has 3 aliphatic rings. The molecule has 10 nitrogen and oxygen atoms in total. The molecule has 222 valence electrons. The number of carbonyl (C=O) groups is 2. The molecule has 2 unspecified atom stereocenters. The smallest absolute Gasteiger partial charge is 0.416 e. The van der Waals surface area contributed by atoms with Crippen LogP contribution in [0.1, 0.15) is 56.8 Å². The average Bonchev–Trinajstić information content (AvgIpc) is 3.29. The number of amides is 2. The Bertz CT molecular complexity index is 1100. The van der Waals surface area contributed by atoms with Crippen LogP contribution in [0.4, 0.5) is 10.5 Å². The molecule has 0 saturated carbocycles. The van der Waals surface area contributed by atoms with Gasteiger partial charge in [-0.3, -0.25) is 4.79 Å². The number of fused-ring (bicyclic) bond motifs is 2. The van der Waals surface area contributed by atoms with Gasteiger partial charge in [-0.15, -0.1) is 0 Å². The molecule has 2 fully saturated rings. The van der Waals surface area contributed by atoms with Crippen LogP contribution in [0.2, 0.25) is 18.1 Å². The largest absolute Gasteiger partial charge is 0.493 e. The Balaban J connectivity index is 1.89. The maximum absolute atomic E-state index is 14.2. The Hall–Kier alpha value is -2.60. The highest BCUT2D eigenvalue weighted by Crippen LogP contribution is 2.45. The predicted molar refractivity (Wildman–Crippen MR) is 154 cm³/mol. The highest BCUT2D eigenvalue weighted by atomic mass is 28.4. The molecule has 4 rings (SSSR count). The second kappa shape index (κ2) is 12.1. The van der Waals surface area contributed by atoms with Crippen LogP contribution in [0.3, 0.4) is 0 Å². The molecule has 0 radical (unpaired) electrons. The van der Waals surface area contributed by atoms with Crippen LogP contribution in [-0.4, -0.2) is 83.9 Å². The lowest BCUT2D eigenvalue weighted by molar-refractivity contribution is -0.199. The van der Waals surface area contributed by atoms with E-state index in [4.69, 9.17) is 28.1 Å². The number of hydrogen-bond donors (Lipinski definition) is 0. The van der Waals surface area contributed by atoms with E-state index in [1.165, 1.54) is 25.2 Å². The first kappa shape index (κ1) is 30.4. The molecular formula is C29H44N2O8Si.